The van der Waals surface area contributed by atoms with Crippen LogP contribution in [0.2, 0.25) is 0 Å². The molecule has 2 N–H and O–H groups in total. The quantitative estimate of drug-likeness (QED) is 0.632. The molecule has 0 atom stereocenters. The minimum absolute atomic E-state index is 0.152. The Morgan fingerprint density at radius 3 is 2.65 bits per heavy atom. The van der Waals surface area contributed by atoms with Gasteiger partial charge in [0.05, 0.1) is 22.8 Å². The van der Waals surface area contributed by atoms with Crippen molar-refractivity contribution < 1.29 is 9.59 Å². The number of nitrogens with one attached hydrogen (secondary N) is 2. The first-order valence-corrected chi connectivity index (χ1v) is 10.9. The van der Waals surface area contributed by atoms with E-state index in [-0.39, 0.29) is 11.9 Å². The summed E-state index contributed by atoms with van der Waals surface area (Å²) in [5.41, 5.74) is 5.50. The standard InChI is InChI=1S/C24H29N5O2/c1-4-29-23-20(14-27-29)22(28-18-7-9-19(30)10-8-18)21(13-25-23)24(31)26-12-17-6-5-15(2)16(3)11-17/h5-6,11,13-14,18H,4,7-10,12H2,1-3H3,(H,25,28)(H,26,31). The van der Waals surface area contributed by atoms with Gasteiger partial charge in [-0.3, -0.25) is 9.59 Å². The molecule has 7 heteroatoms. The molecule has 7 nitrogen and oxygen atoms in total. The van der Waals surface area contributed by atoms with Crippen LogP contribution < -0.4 is 10.6 Å². The number of carbonyl (C=O) groups is 2. The molecule has 4 rings (SSSR count). The van der Waals surface area contributed by atoms with E-state index in [2.05, 4.69) is 46.7 Å². The van der Waals surface area contributed by atoms with Crippen LogP contribution in [0.3, 0.4) is 0 Å². The molecule has 1 amide bonds. The summed E-state index contributed by atoms with van der Waals surface area (Å²) < 4.78 is 1.82. The third kappa shape index (κ3) is 4.45. The predicted octanol–water partition coefficient (Wildman–Crippen LogP) is 3.92. The Labute approximate surface area is 182 Å². The van der Waals surface area contributed by atoms with Gasteiger partial charge < -0.3 is 10.6 Å². The van der Waals surface area contributed by atoms with Gasteiger partial charge in [0, 0.05) is 38.2 Å². The highest BCUT2D eigenvalue weighted by Crippen LogP contribution is 2.29. The molecule has 1 aliphatic rings. The van der Waals surface area contributed by atoms with Crippen molar-refractivity contribution in [3.05, 3.63) is 52.8 Å². The second-order valence-electron chi connectivity index (χ2n) is 8.30. The van der Waals surface area contributed by atoms with Crippen LogP contribution in [0.25, 0.3) is 11.0 Å². The Bertz CT molecular complexity index is 1120. The summed E-state index contributed by atoms with van der Waals surface area (Å²) >= 11 is 0. The number of nitrogens with zero attached hydrogens (tertiary/aromatic N) is 3. The molecular weight excluding hydrogens is 390 g/mol. The molecule has 1 fully saturated rings. The number of amides is 1. The minimum Gasteiger partial charge on any atom is -0.381 e. The molecule has 0 saturated heterocycles. The first kappa shape index (κ1) is 21.0. The van der Waals surface area contributed by atoms with Gasteiger partial charge in [-0.25, -0.2) is 9.67 Å². The Morgan fingerprint density at radius 2 is 1.94 bits per heavy atom. The number of fused-ring (bicyclic) bond motifs is 1. The average molecular weight is 420 g/mol. The molecule has 0 spiro atoms. The Hall–Kier alpha value is -3.22. The lowest BCUT2D eigenvalue weighted by atomic mass is 9.94. The largest absolute Gasteiger partial charge is 0.381 e. The molecule has 0 unspecified atom stereocenters. The van der Waals surface area contributed by atoms with E-state index in [1.165, 1.54) is 11.1 Å². The van der Waals surface area contributed by atoms with E-state index in [0.29, 0.717) is 37.3 Å². The van der Waals surface area contributed by atoms with E-state index >= 15 is 0 Å². The SMILES string of the molecule is CCn1ncc2c(NC3CCC(=O)CC3)c(C(=O)NCc3ccc(C)c(C)c3)cnc21. The monoisotopic (exact) mass is 419 g/mol. The summed E-state index contributed by atoms with van der Waals surface area (Å²) in [6.07, 6.45) is 6.09. The minimum atomic E-state index is -0.175. The van der Waals surface area contributed by atoms with Gasteiger partial charge in [0.15, 0.2) is 5.65 Å². The van der Waals surface area contributed by atoms with Crippen LogP contribution in [0.1, 0.15) is 59.7 Å². The van der Waals surface area contributed by atoms with Crippen molar-refractivity contribution in [2.75, 3.05) is 5.32 Å². The second-order valence-corrected chi connectivity index (χ2v) is 8.30. The van der Waals surface area contributed by atoms with Gasteiger partial charge in [0.25, 0.3) is 5.91 Å². The molecule has 0 radical (unpaired) electrons. The number of carbonyl (C=O) groups excluding carboxylic acids is 2. The number of rotatable bonds is 6. The van der Waals surface area contributed by atoms with Crippen molar-refractivity contribution in [2.45, 2.75) is 65.6 Å². The maximum atomic E-state index is 13.1. The zero-order valence-corrected chi connectivity index (χ0v) is 18.4. The third-order valence-corrected chi connectivity index (χ3v) is 6.13. The smallest absolute Gasteiger partial charge is 0.255 e. The number of ketones is 1. The number of hydrogen-bond acceptors (Lipinski definition) is 5. The van der Waals surface area contributed by atoms with Crippen LogP contribution in [0.15, 0.2) is 30.6 Å². The Kier molecular flexibility index (Phi) is 6.02. The molecule has 0 bridgehead atoms. The molecule has 1 aliphatic carbocycles. The van der Waals surface area contributed by atoms with Crippen molar-refractivity contribution >= 4 is 28.4 Å². The molecule has 2 aromatic heterocycles. The normalized spacial score (nSPS) is 14.7. The van der Waals surface area contributed by atoms with E-state index in [1.807, 2.05) is 17.7 Å². The van der Waals surface area contributed by atoms with Crippen molar-refractivity contribution in [2.24, 2.45) is 0 Å². The van der Waals surface area contributed by atoms with E-state index in [1.54, 1.807) is 12.4 Å². The predicted molar refractivity (Wildman–Crippen MR) is 121 cm³/mol. The summed E-state index contributed by atoms with van der Waals surface area (Å²) in [5, 5.41) is 11.8. The van der Waals surface area contributed by atoms with Crippen molar-refractivity contribution in [3.63, 3.8) is 0 Å². The van der Waals surface area contributed by atoms with E-state index in [4.69, 9.17) is 0 Å². The molecule has 162 valence electrons. The second kappa shape index (κ2) is 8.88. The summed E-state index contributed by atoms with van der Waals surface area (Å²) in [6.45, 7) is 7.31. The fourth-order valence-corrected chi connectivity index (χ4v) is 4.07. The Balaban J connectivity index is 1.61. The topological polar surface area (TPSA) is 88.9 Å². The Morgan fingerprint density at radius 1 is 1.16 bits per heavy atom. The van der Waals surface area contributed by atoms with Gasteiger partial charge in [-0.15, -0.1) is 0 Å². The lowest BCUT2D eigenvalue weighted by Gasteiger charge is -2.25. The van der Waals surface area contributed by atoms with Gasteiger partial charge in [0.2, 0.25) is 0 Å². The first-order valence-electron chi connectivity index (χ1n) is 10.9. The number of aromatic nitrogens is 3. The molecular formula is C24H29N5O2. The van der Waals surface area contributed by atoms with Crippen molar-refractivity contribution in [1.82, 2.24) is 20.1 Å². The molecule has 1 saturated carbocycles. The van der Waals surface area contributed by atoms with Crippen LogP contribution in [0.5, 0.6) is 0 Å². The van der Waals surface area contributed by atoms with E-state index < -0.39 is 0 Å². The highest BCUT2D eigenvalue weighted by Gasteiger charge is 2.23. The number of hydrogen-bond donors (Lipinski definition) is 2. The lowest BCUT2D eigenvalue weighted by Crippen LogP contribution is -2.29. The van der Waals surface area contributed by atoms with Gasteiger partial charge in [0.1, 0.15) is 5.78 Å². The summed E-state index contributed by atoms with van der Waals surface area (Å²) in [7, 11) is 0. The van der Waals surface area contributed by atoms with Gasteiger partial charge in [-0.1, -0.05) is 18.2 Å². The molecule has 1 aromatic carbocycles. The zero-order valence-electron chi connectivity index (χ0n) is 18.4. The fraction of sp³-hybridized carbons (Fsp3) is 0.417. The number of aryl methyl sites for hydroxylation is 3. The molecule has 3 aromatic rings. The maximum absolute atomic E-state index is 13.1. The molecule has 31 heavy (non-hydrogen) atoms. The van der Waals surface area contributed by atoms with Gasteiger partial charge in [-0.2, -0.15) is 5.10 Å². The highest BCUT2D eigenvalue weighted by molar-refractivity contribution is 6.06. The van der Waals surface area contributed by atoms with Crippen LogP contribution in [-0.2, 0) is 17.9 Å². The maximum Gasteiger partial charge on any atom is 0.255 e. The number of pyridine rings is 1. The number of benzene rings is 1. The van der Waals surface area contributed by atoms with Gasteiger partial charge >= 0.3 is 0 Å². The van der Waals surface area contributed by atoms with Crippen LogP contribution in [-0.4, -0.2) is 32.5 Å². The summed E-state index contributed by atoms with van der Waals surface area (Å²) in [6, 6.07) is 6.36. The van der Waals surface area contributed by atoms with Crippen LogP contribution in [0.4, 0.5) is 5.69 Å². The van der Waals surface area contributed by atoms with Crippen molar-refractivity contribution in [1.29, 1.82) is 0 Å². The zero-order chi connectivity index (χ0) is 22.0. The molecule has 0 aliphatic heterocycles. The first-order chi connectivity index (χ1) is 15.0. The molecule has 2 heterocycles. The lowest BCUT2D eigenvalue weighted by molar-refractivity contribution is -0.120. The van der Waals surface area contributed by atoms with E-state index in [9.17, 15) is 9.59 Å². The number of Topliss-reactive ketones (excluding diaryl/α,β-unsaturated/α-hetero) is 1. The van der Waals surface area contributed by atoms with Gasteiger partial charge in [-0.05, 0) is 50.3 Å². The third-order valence-electron chi connectivity index (χ3n) is 6.13. The highest BCUT2D eigenvalue weighted by atomic mass is 16.1. The van der Waals surface area contributed by atoms with E-state index in [0.717, 1.165) is 35.1 Å². The number of anilines is 1. The summed E-state index contributed by atoms with van der Waals surface area (Å²) in [5.74, 6) is 0.134. The average Bonchev–Trinajstić information content (AvgIpc) is 3.20. The van der Waals surface area contributed by atoms with Crippen molar-refractivity contribution in [3.8, 4) is 0 Å². The van der Waals surface area contributed by atoms with Crippen LogP contribution in [0, 0.1) is 13.8 Å². The van der Waals surface area contributed by atoms with Crippen LogP contribution >= 0.6 is 0 Å². The summed E-state index contributed by atoms with van der Waals surface area (Å²) in [4.78, 5) is 29.3. The fourth-order valence-electron chi connectivity index (χ4n) is 4.07.